The molecule has 1 saturated carbocycles. The molecule has 2 nitrogen and oxygen atoms in total. The molecule has 0 aromatic heterocycles. The Balaban J connectivity index is 1.45. The second-order valence-electron chi connectivity index (χ2n) is 9.35. The van der Waals surface area contributed by atoms with Crippen molar-refractivity contribution >= 4 is 0 Å². The van der Waals surface area contributed by atoms with Crippen LogP contribution in [0.1, 0.15) is 63.9 Å². The molecule has 1 saturated heterocycles. The van der Waals surface area contributed by atoms with Gasteiger partial charge in [-0.05, 0) is 81.9 Å². The molecule has 4 rings (SSSR count). The van der Waals surface area contributed by atoms with Crippen LogP contribution in [0.25, 0.3) is 11.1 Å². The Hall–Kier alpha value is -2.34. The van der Waals surface area contributed by atoms with E-state index in [1.165, 1.54) is 37.1 Å². The summed E-state index contributed by atoms with van der Waals surface area (Å²) in [6.45, 7) is 4.19. The van der Waals surface area contributed by atoms with E-state index >= 15 is 4.39 Å². The van der Waals surface area contributed by atoms with E-state index in [-0.39, 0.29) is 41.1 Å². The summed E-state index contributed by atoms with van der Waals surface area (Å²) in [4.78, 5) is 0. The van der Waals surface area contributed by atoms with Gasteiger partial charge in [-0.1, -0.05) is 24.3 Å². The third-order valence-electron chi connectivity index (χ3n) is 7.31. The van der Waals surface area contributed by atoms with Gasteiger partial charge in [0.1, 0.15) is 0 Å². The van der Waals surface area contributed by atoms with Crippen molar-refractivity contribution in [3.63, 3.8) is 0 Å². The topological polar surface area (TPSA) is 18.5 Å². The van der Waals surface area contributed by atoms with E-state index < -0.39 is 23.3 Å². The second kappa shape index (κ2) is 10.9. The summed E-state index contributed by atoms with van der Waals surface area (Å²) in [7, 11) is 0. The Kier molecular flexibility index (Phi) is 7.97. The number of rotatable bonds is 6. The van der Waals surface area contributed by atoms with E-state index in [0.29, 0.717) is 24.9 Å². The van der Waals surface area contributed by atoms with Gasteiger partial charge >= 0.3 is 0 Å². The molecular formula is C28H32F4O2. The van der Waals surface area contributed by atoms with Crippen molar-refractivity contribution in [3.05, 3.63) is 65.2 Å². The minimum Gasteiger partial charge on any atom is -0.491 e. The maximum absolute atomic E-state index is 15.1. The minimum atomic E-state index is -1.26. The Bertz CT molecular complexity index is 1020. The molecule has 184 valence electrons. The van der Waals surface area contributed by atoms with Crippen LogP contribution < -0.4 is 4.74 Å². The van der Waals surface area contributed by atoms with Crippen molar-refractivity contribution in [2.24, 2.45) is 11.8 Å². The summed E-state index contributed by atoms with van der Waals surface area (Å²) in [6.07, 6.45) is 10.7. The minimum absolute atomic E-state index is 0.162. The first-order chi connectivity index (χ1) is 16.4. The molecule has 1 heterocycles. The van der Waals surface area contributed by atoms with Gasteiger partial charge in [0.15, 0.2) is 23.2 Å². The van der Waals surface area contributed by atoms with Crippen LogP contribution in [-0.4, -0.2) is 19.3 Å². The van der Waals surface area contributed by atoms with Gasteiger partial charge in [-0.2, -0.15) is 4.39 Å². The van der Waals surface area contributed by atoms with Gasteiger partial charge in [0, 0.05) is 17.0 Å². The van der Waals surface area contributed by atoms with E-state index in [1.807, 2.05) is 0 Å². The highest BCUT2D eigenvalue weighted by Crippen LogP contribution is 2.40. The van der Waals surface area contributed by atoms with Crippen LogP contribution >= 0.6 is 0 Å². The number of hydrogen-bond donors (Lipinski definition) is 0. The average Bonchev–Trinajstić information content (AvgIpc) is 2.85. The number of hydrogen-bond acceptors (Lipinski definition) is 2. The standard InChI is InChI=1S/C28H32F4O2/c1-3-5-17-6-8-18(9-7-17)23-14-10-19(16-34-23)20-11-12-21(26(30)25(20)29)22-13-15-24(33-4-2)28(32)27(22)31/h3,5,11-13,15,17-19,23H,4,6-10,14,16H2,1-2H3. The highest BCUT2D eigenvalue weighted by molar-refractivity contribution is 5.66. The molecule has 2 fully saturated rings. The van der Waals surface area contributed by atoms with Crippen molar-refractivity contribution in [2.45, 2.75) is 64.4 Å². The summed E-state index contributed by atoms with van der Waals surface area (Å²) in [5.41, 5.74) is -0.422. The fraction of sp³-hybridized carbons (Fsp3) is 0.500. The van der Waals surface area contributed by atoms with Gasteiger partial charge < -0.3 is 9.47 Å². The molecule has 34 heavy (non-hydrogen) atoms. The highest BCUT2D eigenvalue weighted by Gasteiger charge is 2.33. The molecule has 0 N–H and O–H groups in total. The van der Waals surface area contributed by atoms with Crippen LogP contribution in [-0.2, 0) is 4.74 Å². The number of allylic oxidation sites excluding steroid dienone is 2. The molecular weight excluding hydrogens is 444 g/mol. The Morgan fingerprint density at radius 3 is 2.15 bits per heavy atom. The number of benzene rings is 2. The Labute approximate surface area is 199 Å². The quantitative estimate of drug-likeness (QED) is 0.311. The monoisotopic (exact) mass is 476 g/mol. The summed E-state index contributed by atoms with van der Waals surface area (Å²) in [5.74, 6) is -4.02. The summed E-state index contributed by atoms with van der Waals surface area (Å²) >= 11 is 0. The van der Waals surface area contributed by atoms with Crippen LogP contribution in [0.2, 0.25) is 0 Å². The van der Waals surface area contributed by atoms with E-state index in [0.717, 1.165) is 19.3 Å². The van der Waals surface area contributed by atoms with Gasteiger partial charge in [-0.15, -0.1) is 0 Å². The fourth-order valence-electron chi connectivity index (χ4n) is 5.46. The molecule has 6 heteroatoms. The molecule has 0 amide bonds. The van der Waals surface area contributed by atoms with E-state index in [4.69, 9.17) is 9.47 Å². The first-order valence-electron chi connectivity index (χ1n) is 12.3. The molecule has 0 radical (unpaired) electrons. The lowest BCUT2D eigenvalue weighted by Crippen LogP contribution is -2.33. The van der Waals surface area contributed by atoms with Crippen LogP contribution in [0.5, 0.6) is 5.75 Å². The third-order valence-corrected chi connectivity index (χ3v) is 7.31. The van der Waals surface area contributed by atoms with Crippen molar-refractivity contribution in [3.8, 4) is 16.9 Å². The smallest absolute Gasteiger partial charge is 0.201 e. The van der Waals surface area contributed by atoms with Crippen LogP contribution in [0.3, 0.4) is 0 Å². The molecule has 1 aliphatic heterocycles. The normalized spacial score (nSPS) is 25.6. The van der Waals surface area contributed by atoms with Crippen molar-refractivity contribution in [2.75, 3.05) is 13.2 Å². The Morgan fingerprint density at radius 2 is 1.53 bits per heavy atom. The fourth-order valence-corrected chi connectivity index (χ4v) is 5.46. The van der Waals surface area contributed by atoms with E-state index in [2.05, 4.69) is 19.1 Å². The van der Waals surface area contributed by atoms with E-state index in [9.17, 15) is 13.2 Å². The first kappa shape index (κ1) is 24.8. The zero-order valence-corrected chi connectivity index (χ0v) is 19.8. The van der Waals surface area contributed by atoms with E-state index in [1.54, 1.807) is 6.92 Å². The molecule has 0 bridgehead atoms. The van der Waals surface area contributed by atoms with Crippen LogP contribution in [0.15, 0.2) is 36.4 Å². The first-order valence-corrected chi connectivity index (χ1v) is 12.3. The molecule has 0 spiro atoms. The van der Waals surface area contributed by atoms with Gasteiger partial charge in [-0.3, -0.25) is 0 Å². The van der Waals surface area contributed by atoms with Gasteiger partial charge in [0.2, 0.25) is 5.82 Å². The van der Waals surface area contributed by atoms with Crippen molar-refractivity contribution in [1.82, 2.24) is 0 Å². The van der Waals surface area contributed by atoms with Crippen LogP contribution in [0.4, 0.5) is 17.6 Å². The molecule has 1 aliphatic carbocycles. The SMILES string of the molecule is CC=CC1CCC(C2CCC(c3ccc(-c4ccc(OCC)c(F)c4F)c(F)c3F)CO2)CC1. The maximum Gasteiger partial charge on any atom is 0.201 e. The van der Waals surface area contributed by atoms with Crippen LogP contribution in [0, 0.1) is 35.1 Å². The zero-order chi connectivity index (χ0) is 24.2. The highest BCUT2D eigenvalue weighted by atomic mass is 19.2. The number of ether oxygens (including phenoxy) is 2. The average molecular weight is 477 g/mol. The summed E-state index contributed by atoms with van der Waals surface area (Å²) in [5, 5.41) is 0. The molecule has 2 atom stereocenters. The zero-order valence-electron chi connectivity index (χ0n) is 19.8. The van der Waals surface area contributed by atoms with Crippen molar-refractivity contribution in [1.29, 1.82) is 0 Å². The maximum atomic E-state index is 15.1. The van der Waals surface area contributed by atoms with Crippen molar-refractivity contribution < 1.29 is 27.0 Å². The lowest BCUT2D eigenvalue weighted by molar-refractivity contribution is -0.0424. The lowest BCUT2D eigenvalue weighted by Gasteiger charge is -2.37. The van der Waals surface area contributed by atoms with Gasteiger partial charge in [0.05, 0.1) is 19.3 Å². The largest absolute Gasteiger partial charge is 0.491 e. The van der Waals surface area contributed by atoms with Gasteiger partial charge in [0.25, 0.3) is 0 Å². The number of halogens is 4. The predicted molar refractivity (Wildman–Crippen MR) is 125 cm³/mol. The molecule has 2 aromatic rings. The molecule has 2 aliphatic rings. The lowest BCUT2D eigenvalue weighted by atomic mass is 9.76. The Morgan fingerprint density at radius 1 is 0.853 bits per heavy atom. The summed E-state index contributed by atoms with van der Waals surface area (Å²) < 4.78 is 70.0. The molecule has 2 aromatic carbocycles. The van der Waals surface area contributed by atoms with Gasteiger partial charge in [-0.25, -0.2) is 13.2 Å². The summed E-state index contributed by atoms with van der Waals surface area (Å²) in [6, 6.07) is 5.22. The molecule has 2 unspecified atom stereocenters. The second-order valence-corrected chi connectivity index (χ2v) is 9.35. The predicted octanol–water partition coefficient (Wildman–Crippen LogP) is 7.95. The third kappa shape index (κ3) is 5.02.